The first-order chi connectivity index (χ1) is 19.1. The molecule has 3 aromatic heterocycles. The molecular formula is C36H25N3. The summed E-state index contributed by atoms with van der Waals surface area (Å²) in [7, 11) is 0. The van der Waals surface area contributed by atoms with E-state index in [9.17, 15) is 0 Å². The Balaban J connectivity index is 1.30. The van der Waals surface area contributed by atoms with Gasteiger partial charge in [-0.25, -0.2) is 4.98 Å². The van der Waals surface area contributed by atoms with Crippen LogP contribution < -0.4 is 0 Å². The second-order valence-electron chi connectivity index (χ2n) is 11.0. The summed E-state index contributed by atoms with van der Waals surface area (Å²) in [5.41, 5.74) is 10.3. The topological polar surface area (TPSA) is 38.7 Å². The molecule has 0 radical (unpaired) electrons. The number of hydrogen-bond donors (Lipinski definition) is 0. The minimum atomic E-state index is -0.132. The Kier molecular flexibility index (Phi) is 4.57. The highest BCUT2D eigenvalue weighted by Gasteiger charge is 2.35. The minimum absolute atomic E-state index is 0.132. The summed E-state index contributed by atoms with van der Waals surface area (Å²) >= 11 is 0. The zero-order valence-electron chi connectivity index (χ0n) is 21.8. The van der Waals surface area contributed by atoms with E-state index >= 15 is 0 Å². The molecule has 0 saturated heterocycles. The van der Waals surface area contributed by atoms with Crippen molar-refractivity contribution in [2.75, 3.05) is 0 Å². The van der Waals surface area contributed by atoms with Gasteiger partial charge in [-0.05, 0) is 111 Å². The van der Waals surface area contributed by atoms with Gasteiger partial charge >= 0.3 is 0 Å². The molecule has 0 unspecified atom stereocenters. The van der Waals surface area contributed by atoms with Crippen LogP contribution in [0, 0.1) is 0 Å². The fourth-order valence-electron chi connectivity index (χ4n) is 6.31. The van der Waals surface area contributed by atoms with E-state index in [-0.39, 0.29) is 5.41 Å². The van der Waals surface area contributed by atoms with Crippen molar-refractivity contribution in [1.29, 1.82) is 0 Å². The average Bonchev–Trinajstić information content (AvgIpc) is 3.23. The van der Waals surface area contributed by atoms with Gasteiger partial charge in [-0.1, -0.05) is 44.2 Å². The Morgan fingerprint density at radius 2 is 1.18 bits per heavy atom. The zero-order chi connectivity index (χ0) is 26.1. The SMILES string of the molecule is CC1(C)c2cc(-c3ccc4ncccc4c3)cc3ccc4cc(-c5cccc(-c6ccncc6)n5)cc1c4c23. The highest BCUT2D eigenvalue weighted by atomic mass is 14.7. The van der Waals surface area contributed by atoms with E-state index in [2.05, 4.69) is 103 Å². The molecule has 3 nitrogen and oxygen atoms in total. The van der Waals surface area contributed by atoms with E-state index in [1.807, 2.05) is 36.8 Å². The van der Waals surface area contributed by atoms with Crippen molar-refractivity contribution < 1.29 is 0 Å². The Bertz CT molecular complexity index is 2090. The maximum Gasteiger partial charge on any atom is 0.0710 e. The molecule has 8 rings (SSSR count). The molecule has 3 heterocycles. The molecule has 0 spiro atoms. The maximum absolute atomic E-state index is 5.05. The van der Waals surface area contributed by atoms with Crippen LogP contribution in [0.5, 0.6) is 0 Å². The summed E-state index contributed by atoms with van der Waals surface area (Å²) in [4.78, 5) is 13.7. The molecule has 0 bridgehead atoms. The molecule has 7 aromatic rings. The maximum atomic E-state index is 5.05. The molecule has 0 fully saturated rings. The first kappa shape index (κ1) is 22.1. The summed E-state index contributed by atoms with van der Waals surface area (Å²) in [5, 5.41) is 6.47. The molecule has 0 aliphatic heterocycles. The third-order valence-corrected chi connectivity index (χ3v) is 8.33. The van der Waals surface area contributed by atoms with E-state index in [4.69, 9.17) is 4.98 Å². The lowest BCUT2D eigenvalue weighted by Gasteiger charge is -2.23. The Morgan fingerprint density at radius 3 is 1.95 bits per heavy atom. The fourth-order valence-corrected chi connectivity index (χ4v) is 6.31. The van der Waals surface area contributed by atoms with Crippen molar-refractivity contribution >= 4 is 32.4 Å². The second-order valence-corrected chi connectivity index (χ2v) is 11.0. The molecule has 0 atom stereocenters. The number of rotatable bonds is 3. The quantitative estimate of drug-likeness (QED) is 0.228. The van der Waals surface area contributed by atoms with Crippen LogP contribution >= 0.6 is 0 Å². The number of pyridine rings is 3. The van der Waals surface area contributed by atoms with Gasteiger partial charge in [0.15, 0.2) is 0 Å². The van der Waals surface area contributed by atoms with Crippen molar-refractivity contribution in [1.82, 2.24) is 15.0 Å². The number of benzene rings is 4. The van der Waals surface area contributed by atoms with Crippen LogP contribution in [-0.2, 0) is 5.41 Å². The lowest BCUT2D eigenvalue weighted by atomic mass is 9.80. The minimum Gasteiger partial charge on any atom is -0.265 e. The predicted octanol–water partition coefficient (Wildman–Crippen LogP) is 8.97. The molecular weight excluding hydrogens is 474 g/mol. The van der Waals surface area contributed by atoms with Crippen LogP contribution in [0.4, 0.5) is 0 Å². The van der Waals surface area contributed by atoms with Gasteiger partial charge in [-0.2, -0.15) is 0 Å². The molecule has 3 heteroatoms. The lowest BCUT2D eigenvalue weighted by molar-refractivity contribution is 0.663. The fraction of sp³-hybridized carbons (Fsp3) is 0.0833. The average molecular weight is 500 g/mol. The van der Waals surface area contributed by atoms with Gasteiger partial charge in [0.25, 0.3) is 0 Å². The molecule has 39 heavy (non-hydrogen) atoms. The first-order valence-corrected chi connectivity index (χ1v) is 13.3. The standard InChI is InChI=1S/C36H25N3/c1-36(2)29-20-27(23-10-11-31-24(17-23)5-4-14-38-31)18-25-8-9-26-19-28(21-30(36)35(26)34(25)29)33-7-3-6-32(39-33)22-12-15-37-16-13-22/h3-21H,1-2H3. The zero-order valence-corrected chi connectivity index (χ0v) is 21.8. The monoisotopic (exact) mass is 499 g/mol. The van der Waals surface area contributed by atoms with Gasteiger partial charge in [0, 0.05) is 40.5 Å². The van der Waals surface area contributed by atoms with Crippen molar-refractivity contribution in [3.05, 3.63) is 127 Å². The second kappa shape index (κ2) is 8.05. The Labute approximate surface area is 226 Å². The van der Waals surface area contributed by atoms with Crippen LogP contribution in [0.25, 0.3) is 66.1 Å². The van der Waals surface area contributed by atoms with Crippen molar-refractivity contribution in [2.24, 2.45) is 0 Å². The summed E-state index contributed by atoms with van der Waals surface area (Å²) in [6, 6.07) is 34.9. The molecule has 4 aromatic carbocycles. The highest BCUT2D eigenvalue weighted by molar-refractivity contribution is 6.16. The predicted molar refractivity (Wildman–Crippen MR) is 161 cm³/mol. The smallest absolute Gasteiger partial charge is 0.0710 e. The van der Waals surface area contributed by atoms with Crippen molar-refractivity contribution in [2.45, 2.75) is 19.3 Å². The van der Waals surface area contributed by atoms with Crippen LogP contribution in [-0.4, -0.2) is 15.0 Å². The Hall–Kier alpha value is -4.89. The van der Waals surface area contributed by atoms with Gasteiger partial charge in [0.05, 0.1) is 16.9 Å². The summed E-state index contributed by atoms with van der Waals surface area (Å²) in [5.74, 6) is 0. The molecule has 1 aliphatic rings. The summed E-state index contributed by atoms with van der Waals surface area (Å²) < 4.78 is 0. The van der Waals surface area contributed by atoms with Gasteiger partial charge in [0.1, 0.15) is 0 Å². The van der Waals surface area contributed by atoms with E-state index in [1.54, 1.807) is 0 Å². The van der Waals surface area contributed by atoms with Crippen LogP contribution in [0.15, 0.2) is 116 Å². The van der Waals surface area contributed by atoms with Crippen LogP contribution in [0.2, 0.25) is 0 Å². The van der Waals surface area contributed by atoms with Crippen molar-refractivity contribution in [3.8, 4) is 33.6 Å². The third kappa shape index (κ3) is 3.33. The lowest BCUT2D eigenvalue weighted by Crippen LogP contribution is -2.15. The number of fused-ring (bicyclic) bond motifs is 1. The van der Waals surface area contributed by atoms with E-state index in [1.165, 1.54) is 43.8 Å². The molecule has 1 aliphatic carbocycles. The van der Waals surface area contributed by atoms with Gasteiger partial charge < -0.3 is 0 Å². The Morgan fingerprint density at radius 1 is 0.513 bits per heavy atom. The van der Waals surface area contributed by atoms with Gasteiger partial charge in [-0.3, -0.25) is 9.97 Å². The molecule has 0 saturated carbocycles. The molecule has 184 valence electrons. The van der Waals surface area contributed by atoms with Gasteiger partial charge in [0.2, 0.25) is 0 Å². The summed E-state index contributed by atoms with van der Waals surface area (Å²) in [6.45, 7) is 4.71. The molecule has 0 amide bonds. The van der Waals surface area contributed by atoms with E-state index < -0.39 is 0 Å². The number of hydrogen-bond acceptors (Lipinski definition) is 3. The van der Waals surface area contributed by atoms with E-state index in [0.29, 0.717) is 0 Å². The molecule has 0 N–H and O–H groups in total. The number of aromatic nitrogens is 3. The first-order valence-electron chi connectivity index (χ1n) is 13.3. The highest BCUT2D eigenvalue weighted by Crippen LogP contribution is 2.51. The normalized spacial score (nSPS) is 13.6. The summed E-state index contributed by atoms with van der Waals surface area (Å²) in [6.07, 6.45) is 5.48. The van der Waals surface area contributed by atoms with Crippen LogP contribution in [0.3, 0.4) is 0 Å². The van der Waals surface area contributed by atoms with E-state index in [0.717, 1.165) is 33.4 Å². The van der Waals surface area contributed by atoms with Gasteiger partial charge in [-0.15, -0.1) is 0 Å². The largest absolute Gasteiger partial charge is 0.265 e. The van der Waals surface area contributed by atoms with Crippen molar-refractivity contribution in [3.63, 3.8) is 0 Å². The van der Waals surface area contributed by atoms with Crippen LogP contribution in [0.1, 0.15) is 25.0 Å². The third-order valence-electron chi connectivity index (χ3n) is 8.33. The number of nitrogens with zero attached hydrogens (tertiary/aromatic N) is 3.